The van der Waals surface area contributed by atoms with Gasteiger partial charge in [-0.1, -0.05) is 51.1 Å². The lowest BCUT2D eigenvalue weighted by Crippen LogP contribution is -2.63. The van der Waals surface area contributed by atoms with Crippen molar-refractivity contribution in [2.24, 2.45) is 16.7 Å². The second-order valence-electron chi connectivity index (χ2n) is 13.3. The van der Waals surface area contributed by atoms with Crippen LogP contribution in [-0.4, -0.2) is 68.9 Å². The summed E-state index contributed by atoms with van der Waals surface area (Å²) in [6.07, 6.45) is 8.87. The maximum atomic E-state index is 11.3. The van der Waals surface area contributed by atoms with Crippen molar-refractivity contribution in [1.82, 2.24) is 15.1 Å². The van der Waals surface area contributed by atoms with Crippen LogP contribution in [0.1, 0.15) is 57.7 Å². The van der Waals surface area contributed by atoms with Gasteiger partial charge in [0.25, 0.3) is 0 Å². The molecule has 3 N–H and O–H groups in total. The van der Waals surface area contributed by atoms with Crippen molar-refractivity contribution in [3.8, 4) is 0 Å². The number of aromatic nitrogens is 2. The number of likely N-dealkylation sites (N-methyl/N-ethyl adjacent to an activating group) is 1. The van der Waals surface area contributed by atoms with Gasteiger partial charge in [0, 0.05) is 22.8 Å². The fourth-order valence-corrected chi connectivity index (χ4v) is 8.84. The first-order valence-corrected chi connectivity index (χ1v) is 13.8. The van der Waals surface area contributed by atoms with Crippen molar-refractivity contribution in [1.29, 1.82) is 0 Å². The number of aryl methyl sites for hydroxylation is 1. The van der Waals surface area contributed by atoms with E-state index in [0.717, 1.165) is 36.0 Å². The normalized spacial score (nSPS) is 41.7. The minimum absolute atomic E-state index is 0.121. The Balaban J connectivity index is 1.36. The Hall–Kier alpha value is -2.25. The number of aliphatic hydroxyl groups is 2. The quantitative estimate of drug-likeness (QED) is 0.563. The first kappa shape index (κ1) is 23.8. The molecule has 1 aromatic heterocycles. The highest BCUT2D eigenvalue weighted by Gasteiger charge is 2.70. The molecular weight excluding hydrogens is 462 g/mol. The van der Waals surface area contributed by atoms with E-state index in [-0.39, 0.29) is 22.5 Å². The van der Waals surface area contributed by atoms with Gasteiger partial charge in [-0.3, -0.25) is 5.10 Å². The number of hydrogen-bond donors (Lipinski definition) is 3. The second-order valence-corrected chi connectivity index (χ2v) is 13.3. The van der Waals surface area contributed by atoms with Crippen molar-refractivity contribution in [2.45, 2.75) is 82.8 Å². The number of benzene rings is 1. The summed E-state index contributed by atoms with van der Waals surface area (Å²) in [4.78, 5) is 2.04. The average molecular weight is 502 g/mol. The van der Waals surface area contributed by atoms with Gasteiger partial charge in [-0.25, -0.2) is 0 Å². The summed E-state index contributed by atoms with van der Waals surface area (Å²) in [5, 5.41) is 31.0. The molecule has 2 aromatic rings. The van der Waals surface area contributed by atoms with Crippen molar-refractivity contribution in [3.05, 3.63) is 58.8 Å². The lowest BCUT2D eigenvalue weighted by Gasteiger charge is -2.60. The zero-order valence-corrected chi connectivity index (χ0v) is 22.8. The third-order valence-electron chi connectivity index (χ3n) is 11.1. The molecule has 2 spiro atoms. The molecule has 196 valence electrons. The van der Waals surface area contributed by atoms with Crippen LogP contribution in [0.25, 0.3) is 16.5 Å². The van der Waals surface area contributed by atoms with Gasteiger partial charge in [0.15, 0.2) is 0 Å². The van der Waals surface area contributed by atoms with Crippen LogP contribution >= 0.6 is 0 Å². The van der Waals surface area contributed by atoms with Crippen LogP contribution in [0.5, 0.6) is 0 Å². The van der Waals surface area contributed by atoms with E-state index in [1.165, 1.54) is 22.1 Å². The number of hydrogen-bond acceptors (Lipinski definition) is 5. The van der Waals surface area contributed by atoms with E-state index in [1.54, 1.807) is 0 Å². The number of rotatable bonds is 2. The summed E-state index contributed by atoms with van der Waals surface area (Å²) in [7, 11) is 3.96. The Morgan fingerprint density at radius 2 is 1.92 bits per heavy atom. The smallest absolute Gasteiger partial charge is 0.105 e. The van der Waals surface area contributed by atoms with Crippen molar-refractivity contribution in [2.75, 3.05) is 14.1 Å². The molecule has 3 aliphatic carbocycles. The van der Waals surface area contributed by atoms with E-state index in [0.29, 0.717) is 12.3 Å². The molecule has 7 rings (SSSR count). The molecule has 6 nitrogen and oxygen atoms in total. The van der Waals surface area contributed by atoms with Crippen LogP contribution in [0.4, 0.5) is 0 Å². The number of H-pyrrole nitrogens is 1. The average Bonchev–Trinajstić information content (AvgIpc) is 3.51. The van der Waals surface area contributed by atoms with Gasteiger partial charge < -0.3 is 19.8 Å². The lowest BCUT2D eigenvalue weighted by atomic mass is 9.49. The highest BCUT2D eigenvalue weighted by atomic mass is 16.5. The van der Waals surface area contributed by atoms with Crippen LogP contribution in [0, 0.1) is 23.7 Å². The summed E-state index contributed by atoms with van der Waals surface area (Å²) in [6.45, 7) is 9.18. The zero-order valence-electron chi connectivity index (χ0n) is 22.8. The van der Waals surface area contributed by atoms with E-state index in [2.05, 4.69) is 67.4 Å². The van der Waals surface area contributed by atoms with Gasteiger partial charge in [0.1, 0.15) is 6.10 Å². The highest BCUT2D eigenvalue weighted by Crippen LogP contribution is 2.71. The summed E-state index contributed by atoms with van der Waals surface area (Å²) in [5.74, 6) is 0.295. The van der Waals surface area contributed by atoms with Crippen LogP contribution in [0.15, 0.2) is 47.6 Å². The molecule has 2 bridgehead atoms. The second kappa shape index (κ2) is 7.23. The molecule has 5 aliphatic rings. The van der Waals surface area contributed by atoms with Crippen molar-refractivity contribution >= 4 is 16.5 Å². The van der Waals surface area contributed by atoms with Gasteiger partial charge in [0.2, 0.25) is 0 Å². The lowest BCUT2D eigenvalue weighted by molar-refractivity contribution is -0.170. The number of aliphatic hydroxyl groups excluding tert-OH is 2. The molecular formula is C31H39N3O3. The molecule has 2 aliphatic heterocycles. The third-order valence-corrected chi connectivity index (χ3v) is 11.1. The first-order chi connectivity index (χ1) is 17.4. The maximum absolute atomic E-state index is 11.3. The van der Waals surface area contributed by atoms with Crippen LogP contribution in [0.2, 0.25) is 0 Å². The highest BCUT2D eigenvalue weighted by molar-refractivity contribution is 5.87. The number of nitrogens with zero attached hydrogens (tertiary/aromatic N) is 2. The Bertz CT molecular complexity index is 1420. The molecule has 6 heteroatoms. The van der Waals surface area contributed by atoms with Crippen molar-refractivity contribution in [3.63, 3.8) is 0 Å². The molecule has 7 atom stereocenters. The molecule has 1 aromatic carbocycles. The number of aromatic amines is 1. The summed E-state index contributed by atoms with van der Waals surface area (Å²) < 4.78 is 7.33. The topological polar surface area (TPSA) is 81.6 Å². The van der Waals surface area contributed by atoms with Gasteiger partial charge >= 0.3 is 0 Å². The molecule has 1 unspecified atom stereocenters. The minimum Gasteiger partial charge on any atom is -0.388 e. The number of ether oxygens (including phenoxy) is 1. The molecule has 3 heterocycles. The molecule has 1 saturated carbocycles. The van der Waals surface area contributed by atoms with Gasteiger partial charge in [-0.05, 0) is 80.5 Å². The molecule has 2 fully saturated rings. The van der Waals surface area contributed by atoms with E-state index in [9.17, 15) is 10.2 Å². The summed E-state index contributed by atoms with van der Waals surface area (Å²) >= 11 is 0. The predicted molar refractivity (Wildman–Crippen MR) is 145 cm³/mol. The third kappa shape index (κ3) is 2.77. The number of fused-ring (bicyclic) bond motifs is 2. The first-order valence-electron chi connectivity index (χ1n) is 13.8. The van der Waals surface area contributed by atoms with E-state index < -0.39 is 17.8 Å². The molecule has 37 heavy (non-hydrogen) atoms. The monoisotopic (exact) mass is 501 g/mol. The Kier molecular flexibility index (Phi) is 4.66. The van der Waals surface area contributed by atoms with E-state index >= 15 is 0 Å². The maximum Gasteiger partial charge on any atom is 0.105 e. The fourth-order valence-electron chi connectivity index (χ4n) is 8.84. The Morgan fingerprint density at radius 3 is 2.68 bits per heavy atom. The zero-order chi connectivity index (χ0) is 26.1. The number of nitrogens with one attached hydrogen (secondary N) is 1. The SMILES string of the molecule is Cc1n[nH]c2cc(C3=CCC4[C@@]56CC[C@]7(C[C@H](N(C)C)[C@@H](O)[C@H](O)C7=CC5=CC(C)(C)[C@]34C)O6)ccc12. The van der Waals surface area contributed by atoms with Gasteiger partial charge in [-0.15, -0.1) is 0 Å². The minimum atomic E-state index is -0.906. The number of allylic oxidation sites excluding steroid dienone is 3. The van der Waals surface area contributed by atoms with E-state index in [1.807, 2.05) is 25.9 Å². The van der Waals surface area contributed by atoms with E-state index in [4.69, 9.17) is 4.74 Å². The molecule has 1 saturated heterocycles. The van der Waals surface area contributed by atoms with Crippen LogP contribution < -0.4 is 0 Å². The van der Waals surface area contributed by atoms with Gasteiger partial charge in [-0.2, -0.15) is 5.10 Å². The molecule has 0 radical (unpaired) electrons. The molecule has 0 amide bonds. The largest absolute Gasteiger partial charge is 0.388 e. The Morgan fingerprint density at radius 1 is 1.14 bits per heavy atom. The Labute approximate surface area is 219 Å². The van der Waals surface area contributed by atoms with Gasteiger partial charge in [0.05, 0.1) is 28.5 Å². The predicted octanol–water partition coefficient (Wildman–Crippen LogP) is 4.53. The van der Waals surface area contributed by atoms with Crippen LogP contribution in [0.3, 0.4) is 0 Å². The summed E-state index contributed by atoms with van der Waals surface area (Å²) in [6, 6.07) is 6.58. The summed E-state index contributed by atoms with van der Waals surface area (Å²) in [5.41, 5.74) is 5.70. The fraction of sp³-hybridized carbons (Fsp3) is 0.581. The van der Waals surface area contributed by atoms with Crippen LogP contribution in [-0.2, 0) is 4.74 Å². The standard InChI is InChI=1S/C31H39N3O3/c1-17-20-8-7-18(13-23(20)33-32-17)21-9-10-25-29(21,4)28(2,3)15-19-14-22-26(35)27(36)24(34(5)6)16-30(22)11-12-31(19,25)37-30/h7-9,13-15,24-27,35-36H,10-12,16H2,1-6H3,(H,32,33)/t24-,25?,26+,27+,29+,30+,31+/m0/s1. The van der Waals surface area contributed by atoms with Crippen molar-refractivity contribution < 1.29 is 14.9 Å².